The van der Waals surface area contributed by atoms with E-state index in [4.69, 9.17) is 4.42 Å². The minimum absolute atomic E-state index is 0.0621. The number of nitrogens with zero attached hydrogens (tertiary/aromatic N) is 2. The smallest absolute Gasteiger partial charge is 0.408 e. The van der Waals surface area contributed by atoms with Crippen LogP contribution >= 0.6 is 0 Å². The number of oxazole rings is 1. The van der Waals surface area contributed by atoms with Crippen molar-refractivity contribution >= 4 is 17.0 Å². The van der Waals surface area contributed by atoms with Gasteiger partial charge in [-0.15, -0.1) is 0 Å². The first-order valence-electron chi connectivity index (χ1n) is 10.8. The molecule has 0 radical (unpaired) electrons. The zero-order valence-corrected chi connectivity index (χ0v) is 18.8. The standard InChI is InChI=1S/C25H26N4O4/c1-15(2)24-26-18(13-22(30)28-24)12-19(17-7-5-4-6-8-17)27-23(31)14-29-20-11-16(3)9-10-21(20)33-25(29)32/h4-11,13,15,19H,12,14H2,1-3H3,(H,27,31)(H,26,28,30)/t19-/m0/s1. The number of amides is 1. The Morgan fingerprint density at radius 3 is 2.61 bits per heavy atom. The normalized spacial score (nSPS) is 12.2. The van der Waals surface area contributed by atoms with E-state index in [9.17, 15) is 14.4 Å². The summed E-state index contributed by atoms with van der Waals surface area (Å²) in [4.78, 5) is 44.8. The molecule has 2 heterocycles. The van der Waals surface area contributed by atoms with Crippen molar-refractivity contribution in [3.63, 3.8) is 0 Å². The fourth-order valence-corrected chi connectivity index (χ4v) is 3.76. The van der Waals surface area contributed by atoms with E-state index >= 15 is 0 Å². The van der Waals surface area contributed by atoms with Gasteiger partial charge in [0.25, 0.3) is 5.56 Å². The Hall–Kier alpha value is -3.94. The molecule has 170 valence electrons. The minimum Gasteiger partial charge on any atom is -0.408 e. The second kappa shape index (κ2) is 9.28. The van der Waals surface area contributed by atoms with Crippen LogP contribution in [0.4, 0.5) is 0 Å². The molecule has 4 rings (SSSR count). The molecule has 0 bridgehead atoms. The van der Waals surface area contributed by atoms with Crippen LogP contribution in [0.15, 0.2) is 68.6 Å². The average molecular weight is 447 g/mol. The van der Waals surface area contributed by atoms with Crippen molar-refractivity contribution in [1.82, 2.24) is 19.9 Å². The summed E-state index contributed by atoms with van der Waals surface area (Å²) in [5, 5.41) is 3.00. The molecule has 0 saturated heterocycles. The first-order chi connectivity index (χ1) is 15.8. The highest BCUT2D eigenvalue weighted by Crippen LogP contribution is 2.19. The van der Waals surface area contributed by atoms with Gasteiger partial charge >= 0.3 is 5.76 Å². The second-order valence-electron chi connectivity index (χ2n) is 8.44. The van der Waals surface area contributed by atoms with Crippen LogP contribution in [0.5, 0.6) is 0 Å². The third-order valence-electron chi connectivity index (χ3n) is 5.43. The summed E-state index contributed by atoms with van der Waals surface area (Å²) in [6.07, 6.45) is 0.333. The monoisotopic (exact) mass is 446 g/mol. The molecule has 0 unspecified atom stereocenters. The molecule has 4 aromatic rings. The molecule has 33 heavy (non-hydrogen) atoms. The van der Waals surface area contributed by atoms with E-state index < -0.39 is 11.8 Å². The van der Waals surface area contributed by atoms with Crippen LogP contribution in [0.1, 0.15) is 48.5 Å². The Kier molecular flexibility index (Phi) is 6.26. The van der Waals surface area contributed by atoms with Gasteiger partial charge in [-0.25, -0.2) is 9.78 Å². The van der Waals surface area contributed by atoms with E-state index in [1.807, 2.05) is 63.2 Å². The number of fused-ring (bicyclic) bond motifs is 1. The molecule has 0 aliphatic rings. The summed E-state index contributed by atoms with van der Waals surface area (Å²) >= 11 is 0. The predicted molar refractivity (Wildman–Crippen MR) is 125 cm³/mol. The maximum atomic E-state index is 13.0. The van der Waals surface area contributed by atoms with E-state index in [1.54, 1.807) is 6.07 Å². The number of aromatic amines is 1. The van der Waals surface area contributed by atoms with Crippen molar-refractivity contribution in [2.45, 2.75) is 45.7 Å². The molecule has 0 aliphatic carbocycles. The van der Waals surface area contributed by atoms with E-state index in [-0.39, 0.29) is 23.9 Å². The van der Waals surface area contributed by atoms with Crippen molar-refractivity contribution in [3.05, 3.63) is 98.1 Å². The lowest BCUT2D eigenvalue weighted by atomic mass is 10.0. The summed E-state index contributed by atoms with van der Waals surface area (Å²) in [5.41, 5.74) is 3.20. The highest BCUT2D eigenvalue weighted by Gasteiger charge is 2.19. The highest BCUT2D eigenvalue weighted by molar-refractivity contribution is 5.80. The second-order valence-corrected chi connectivity index (χ2v) is 8.44. The predicted octanol–water partition coefficient (Wildman–Crippen LogP) is 3.21. The number of aromatic nitrogens is 3. The maximum absolute atomic E-state index is 13.0. The zero-order valence-electron chi connectivity index (χ0n) is 18.8. The van der Waals surface area contributed by atoms with Gasteiger partial charge in [0.1, 0.15) is 12.4 Å². The number of rotatable bonds is 7. The van der Waals surface area contributed by atoms with E-state index in [0.29, 0.717) is 29.0 Å². The molecule has 0 spiro atoms. The summed E-state index contributed by atoms with van der Waals surface area (Å²) in [7, 11) is 0. The highest BCUT2D eigenvalue weighted by atomic mass is 16.4. The van der Waals surface area contributed by atoms with Gasteiger partial charge in [-0.3, -0.25) is 14.2 Å². The molecule has 8 heteroatoms. The van der Waals surface area contributed by atoms with Crippen LogP contribution in [0, 0.1) is 6.92 Å². The molecule has 0 aliphatic heterocycles. The number of carbonyl (C=O) groups excluding carboxylic acids is 1. The van der Waals surface area contributed by atoms with Crippen LogP contribution in [0.25, 0.3) is 11.1 Å². The van der Waals surface area contributed by atoms with E-state index in [1.165, 1.54) is 10.6 Å². The summed E-state index contributed by atoms with van der Waals surface area (Å²) in [5.74, 6) is -0.265. The molecule has 8 nitrogen and oxygen atoms in total. The molecular weight excluding hydrogens is 420 g/mol. The van der Waals surface area contributed by atoms with Crippen molar-refractivity contribution in [2.75, 3.05) is 0 Å². The summed E-state index contributed by atoms with van der Waals surface area (Å²) in [6.45, 7) is 5.63. The Morgan fingerprint density at radius 2 is 1.88 bits per heavy atom. The first kappa shape index (κ1) is 22.3. The molecule has 1 atom stereocenters. The fraction of sp³-hybridized carbons (Fsp3) is 0.280. The lowest BCUT2D eigenvalue weighted by Crippen LogP contribution is -2.35. The number of aryl methyl sites for hydroxylation is 1. The molecule has 2 N–H and O–H groups in total. The molecule has 2 aromatic carbocycles. The fourth-order valence-electron chi connectivity index (χ4n) is 3.76. The average Bonchev–Trinajstić information content (AvgIpc) is 3.08. The topological polar surface area (TPSA) is 110 Å². The van der Waals surface area contributed by atoms with Crippen LogP contribution in [-0.2, 0) is 17.8 Å². The van der Waals surface area contributed by atoms with Crippen LogP contribution in [0.3, 0.4) is 0 Å². The maximum Gasteiger partial charge on any atom is 0.420 e. The van der Waals surface area contributed by atoms with Gasteiger partial charge < -0.3 is 14.7 Å². The number of hydrogen-bond donors (Lipinski definition) is 2. The quantitative estimate of drug-likeness (QED) is 0.453. The number of nitrogens with one attached hydrogen (secondary N) is 2. The number of benzene rings is 2. The molecular formula is C25H26N4O4. The largest absolute Gasteiger partial charge is 0.420 e. The third kappa shape index (κ3) is 5.11. The first-order valence-corrected chi connectivity index (χ1v) is 10.8. The van der Waals surface area contributed by atoms with Crippen LogP contribution < -0.4 is 16.6 Å². The Bertz CT molecular complexity index is 1400. The van der Waals surface area contributed by atoms with E-state index in [0.717, 1.165) is 11.1 Å². The lowest BCUT2D eigenvalue weighted by molar-refractivity contribution is -0.122. The van der Waals surface area contributed by atoms with Crippen molar-refractivity contribution in [1.29, 1.82) is 0 Å². The Morgan fingerprint density at radius 1 is 1.12 bits per heavy atom. The minimum atomic E-state index is -0.583. The van der Waals surface area contributed by atoms with Gasteiger partial charge in [0, 0.05) is 18.4 Å². The van der Waals surface area contributed by atoms with Gasteiger partial charge in [-0.2, -0.15) is 0 Å². The molecule has 1 amide bonds. The van der Waals surface area contributed by atoms with Crippen LogP contribution in [-0.4, -0.2) is 20.4 Å². The van der Waals surface area contributed by atoms with Gasteiger partial charge in [0.2, 0.25) is 5.91 Å². The van der Waals surface area contributed by atoms with Gasteiger partial charge in [0.15, 0.2) is 5.58 Å². The number of H-pyrrole nitrogens is 1. The molecule has 0 saturated carbocycles. The molecule has 2 aromatic heterocycles. The summed E-state index contributed by atoms with van der Waals surface area (Å²) in [6, 6.07) is 15.9. The Labute approximate surface area is 190 Å². The van der Waals surface area contributed by atoms with Crippen molar-refractivity contribution < 1.29 is 9.21 Å². The summed E-state index contributed by atoms with van der Waals surface area (Å²) < 4.78 is 6.59. The lowest BCUT2D eigenvalue weighted by Gasteiger charge is -2.19. The number of carbonyl (C=O) groups is 1. The SMILES string of the molecule is Cc1ccc2oc(=O)n(CC(=O)N[C@@H](Cc3cc(=O)[nH]c(C(C)C)n3)c3ccccc3)c2c1. The van der Waals surface area contributed by atoms with Crippen molar-refractivity contribution in [2.24, 2.45) is 0 Å². The van der Waals surface area contributed by atoms with Crippen LogP contribution in [0.2, 0.25) is 0 Å². The van der Waals surface area contributed by atoms with Gasteiger partial charge in [-0.1, -0.05) is 50.2 Å². The molecule has 0 fully saturated rings. The third-order valence-corrected chi connectivity index (χ3v) is 5.43. The van der Waals surface area contributed by atoms with Gasteiger partial charge in [-0.05, 0) is 30.2 Å². The zero-order chi connectivity index (χ0) is 23.5. The van der Waals surface area contributed by atoms with Crippen molar-refractivity contribution in [3.8, 4) is 0 Å². The number of hydrogen-bond acceptors (Lipinski definition) is 5. The Balaban J connectivity index is 1.61. The van der Waals surface area contributed by atoms with E-state index in [2.05, 4.69) is 15.3 Å². The van der Waals surface area contributed by atoms with Gasteiger partial charge in [0.05, 0.1) is 17.3 Å².